The highest BCUT2D eigenvalue weighted by Gasteiger charge is 2.35. The topological polar surface area (TPSA) is 68.9 Å². The van der Waals surface area contributed by atoms with Crippen LogP contribution in [0.3, 0.4) is 0 Å². The summed E-state index contributed by atoms with van der Waals surface area (Å²) >= 11 is 0. The molecule has 0 bridgehead atoms. The minimum atomic E-state index is -0.580. The Morgan fingerprint density at radius 1 is 1.00 bits per heavy atom. The van der Waals surface area contributed by atoms with Gasteiger partial charge in [0.1, 0.15) is 5.82 Å². The third-order valence-electron chi connectivity index (χ3n) is 5.75. The van der Waals surface area contributed by atoms with Crippen molar-refractivity contribution in [2.45, 2.75) is 26.4 Å². The second-order valence-electron chi connectivity index (χ2n) is 7.92. The average molecular weight is 428 g/mol. The number of hydrogen-bond acceptors (Lipinski definition) is 3. The molecule has 1 N–H and O–H groups in total. The quantitative estimate of drug-likeness (QED) is 0.473. The summed E-state index contributed by atoms with van der Waals surface area (Å²) in [6.45, 7) is 3.50. The lowest BCUT2D eigenvalue weighted by molar-refractivity contribution is -0.122. The van der Waals surface area contributed by atoms with Crippen LogP contribution < -0.4 is 5.32 Å². The van der Waals surface area contributed by atoms with Gasteiger partial charge in [-0.3, -0.25) is 14.9 Å². The number of rotatable bonds is 6. The zero-order valence-electron chi connectivity index (χ0n) is 17.5. The average Bonchev–Trinajstić information content (AvgIpc) is 3.47. The molecule has 0 aliphatic carbocycles. The molecule has 2 aromatic heterocycles. The van der Waals surface area contributed by atoms with Crippen molar-refractivity contribution in [2.24, 2.45) is 0 Å². The summed E-state index contributed by atoms with van der Waals surface area (Å²) in [6.07, 6.45) is 8.20. The number of nitrogens with one attached hydrogen (secondary N) is 1. The molecule has 32 heavy (non-hydrogen) atoms. The van der Waals surface area contributed by atoms with Crippen molar-refractivity contribution in [1.29, 1.82) is 0 Å². The van der Waals surface area contributed by atoms with Crippen LogP contribution in [0.5, 0.6) is 0 Å². The molecule has 3 heterocycles. The Morgan fingerprint density at radius 3 is 2.53 bits per heavy atom. The van der Waals surface area contributed by atoms with Crippen molar-refractivity contribution in [3.05, 3.63) is 89.9 Å². The Balaban J connectivity index is 1.64. The molecule has 0 saturated heterocycles. The number of benzene rings is 2. The molecule has 1 aliphatic rings. The third-order valence-corrected chi connectivity index (χ3v) is 5.75. The molecule has 0 atom stereocenters. The van der Waals surface area contributed by atoms with Crippen molar-refractivity contribution < 1.29 is 14.0 Å². The Kier molecular flexibility index (Phi) is 4.93. The number of imidazole rings is 1. The fourth-order valence-corrected chi connectivity index (χ4v) is 4.27. The number of imide groups is 1. The molecule has 0 saturated carbocycles. The first-order valence-electron chi connectivity index (χ1n) is 10.4. The van der Waals surface area contributed by atoms with Crippen molar-refractivity contribution in [3.8, 4) is 0 Å². The summed E-state index contributed by atoms with van der Waals surface area (Å²) in [5, 5.41) is 3.22. The van der Waals surface area contributed by atoms with Gasteiger partial charge in [0.2, 0.25) is 0 Å². The fourth-order valence-electron chi connectivity index (χ4n) is 4.27. The van der Waals surface area contributed by atoms with Crippen LogP contribution in [0, 0.1) is 12.7 Å². The first-order valence-corrected chi connectivity index (χ1v) is 10.4. The van der Waals surface area contributed by atoms with E-state index in [1.54, 1.807) is 24.7 Å². The number of hydrogen-bond donors (Lipinski definition) is 1. The number of amides is 2. The lowest BCUT2D eigenvalue weighted by Crippen LogP contribution is -2.22. The van der Waals surface area contributed by atoms with E-state index in [0.29, 0.717) is 5.56 Å². The summed E-state index contributed by atoms with van der Waals surface area (Å²) in [4.78, 5) is 29.6. The number of aromatic nitrogens is 3. The highest BCUT2D eigenvalue weighted by Crippen LogP contribution is 2.37. The molecule has 5 rings (SSSR count). The lowest BCUT2D eigenvalue weighted by Gasteiger charge is -2.06. The van der Waals surface area contributed by atoms with Gasteiger partial charge in [-0.1, -0.05) is 29.8 Å². The highest BCUT2D eigenvalue weighted by molar-refractivity contribution is 6.50. The molecule has 7 heteroatoms. The SMILES string of the molecule is Cc1ccc2c(c1)c(C1=C(c3ccccc3F)C(=O)NC1=O)cn2CCCn1ccnc1. The van der Waals surface area contributed by atoms with Gasteiger partial charge in [0, 0.05) is 53.7 Å². The fraction of sp³-hybridized carbons (Fsp3) is 0.160. The van der Waals surface area contributed by atoms with Crippen molar-refractivity contribution in [3.63, 3.8) is 0 Å². The van der Waals surface area contributed by atoms with Crippen LogP contribution in [-0.4, -0.2) is 25.9 Å². The molecule has 2 amide bonds. The number of fused-ring (bicyclic) bond motifs is 1. The van der Waals surface area contributed by atoms with Gasteiger partial charge in [0.25, 0.3) is 11.8 Å². The van der Waals surface area contributed by atoms with Gasteiger partial charge < -0.3 is 9.13 Å². The van der Waals surface area contributed by atoms with Gasteiger partial charge in [-0.05, 0) is 31.5 Å². The van der Waals surface area contributed by atoms with Crippen LogP contribution in [0.25, 0.3) is 22.0 Å². The van der Waals surface area contributed by atoms with E-state index in [4.69, 9.17) is 0 Å². The van der Waals surface area contributed by atoms with Gasteiger partial charge in [0.15, 0.2) is 0 Å². The number of halogens is 1. The minimum Gasteiger partial charge on any atom is -0.347 e. The first kappa shape index (κ1) is 19.9. The summed E-state index contributed by atoms with van der Waals surface area (Å²) < 4.78 is 18.7. The smallest absolute Gasteiger partial charge is 0.259 e. The van der Waals surface area contributed by atoms with Crippen LogP contribution in [0.2, 0.25) is 0 Å². The number of nitrogens with zero attached hydrogens (tertiary/aromatic N) is 3. The first-order chi connectivity index (χ1) is 15.5. The van der Waals surface area contributed by atoms with E-state index < -0.39 is 17.6 Å². The summed E-state index contributed by atoms with van der Waals surface area (Å²) in [5.74, 6) is -1.62. The zero-order chi connectivity index (χ0) is 22.2. The maximum atomic E-state index is 14.6. The molecular weight excluding hydrogens is 407 g/mol. The van der Waals surface area contributed by atoms with E-state index >= 15 is 0 Å². The third kappa shape index (κ3) is 3.41. The maximum absolute atomic E-state index is 14.6. The Hall–Kier alpha value is -4.00. The van der Waals surface area contributed by atoms with Crippen LogP contribution in [0.4, 0.5) is 4.39 Å². The van der Waals surface area contributed by atoms with Crippen LogP contribution in [0.15, 0.2) is 67.4 Å². The normalized spacial score (nSPS) is 13.9. The van der Waals surface area contributed by atoms with Gasteiger partial charge >= 0.3 is 0 Å². The Labute approximate surface area is 184 Å². The summed E-state index contributed by atoms with van der Waals surface area (Å²) in [5.41, 5.74) is 3.04. The van der Waals surface area contributed by atoms with E-state index in [2.05, 4.69) is 14.9 Å². The number of carbonyl (C=O) groups excluding carboxylic acids is 2. The predicted octanol–water partition coefficient (Wildman–Crippen LogP) is 3.94. The molecule has 0 fully saturated rings. The van der Waals surface area contributed by atoms with Crippen molar-refractivity contribution >= 4 is 33.9 Å². The Morgan fingerprint density at radius 2 is 1.78 bits per heavy atom. The maximum Gasteiger partial charge on any atom is 0.259 e. The molecule has 160 valence electrons. The van der Waals surface area contributed by atoms with Gasteiger partial charge in [-0.2, -0.15) is 0 Å². The lowest BCUT2D eigenvalue weighted by atomic mass is 9.95. The molecule has 0 radical (unpaired) electrons. The Bertz CT molecular complexity index is 1380. The zero-order valence-corrected chi connectivity index (χ0v) is 17.5. The van der Waals surface area contributed by atoms with Crippen LogP contribution in [-0.2, 0) is 22.7 Å². The number of carbonyl (C=O) groups is 2. The van der Waals surface area contributed by atoms with Gasteiger partial charge in [-0.25, -0.2) is 9.37 Å². The van der Waals surface area contributed by atoms with Crippen LogP contribution >= 0.6 is 0 Å². The molecule has 0 unspecified atom stereocenters. The minimum absolute atomic E-state index is 0.0760. The second-order valence-corrected chi connectivity index (χ2v) is 7.92. The van der Waals surface area contributed by atoms with E-state index in [-0.39, 0.29) is 16.7 Å². The molecular formula is C25H21FN4O2. The van der Waals surface area contributed by atoms with Gasteiger partial charge in [-0.15, -0.1) is 0 Å². The molecule has 4 aromatic rings. The van der Waals surface area contributed by atoms with Crippen molar-refractivity contribution in [1.82, 2.24) is 19.4 Å². The number of aryl methyl sites for hydroxylation is 3. The summed E-state index contributed by atoms with van der Waals surface area (Å²) in [6, 6.07) is 12.1. The highest BCUT2D eigenvalue weighted by atomic mass is 19.1. The molecule has 2 aromatic carbocycles. The molecule has 6 nitrogen and oxygen atoms in total. The van der Waals surface area contributed by atoms with E-state index in [0.717, 1.165) is 36.0 Å². The van der Waals surface area contributed by atoms with E-state index in [1.807, 2.05) is 42.1 Å². The van der Waals surface area contributed by atoms with E-state index in [9.17, 15) is 14.0 Å². The molecule has 1 aliphatic heterocycles. The van der Waals surface area contributed by atoms with Crippen molar-refractivity contribution in [2.75, 3.05) is 0 Å². The monoisotopic (exact) mass is 428 g/mol. The summed E-state index contributed by atoms with van der Waals surface area (Å²) in [7, 11) is 0. The van der Waals surface area contributed by atoms with Crippen LogP contribution in [0.1, 0.15) is 23.1 Å². The largest absolute Gasteiger partial charge is 0.347 e. The second kappa shape index (κ2) is 7.92. The predicted molar refractivity (Wildman–Crippen MR) is 120 cm³/mol. The van der Waals surface area contributed by atoms with E-state index in [1.165, 1.54) is 12.1 Å². The van der Waals surface area contributed by atoms with Gasteiger partial charge in [0.05, 0.1) is 17.5 Å². The molecule has 0 spiro atoms. The standard InChI is InChI=1S/C25H21FN4O2/c1-16-7-8-21-18(13-16)19(14-30(21)11-4-10-29-12-9-27-15-29)23-22(24(31)28-25(23)32)17-5-2-3-6-20(17)26/h2-3,5-9,12-15H,4,10-11H2,1H3,(H,28,31,32).